The molecule has 0 saturated carbocycles. The highest BCUT2D eigenvalue weighted by Crippen LogP contribution is 2.18. The highest BCUT2D eigenvalue weighted by molar-refractivity contribution is 6.03. The Morgan fingerprint density at radius 3 is 1.54 bits per heavy atom. The molecule has 0 aliphatic carbocycles. The molecule has 0 amide bonds. The van der Waals surface area contributed by atoms with Crippen LogP contribution in [0.1, 0.15) is 105 Å². The lowest BCUT2D eigenvalue weighted by molar-refractivity contribution is 0.0220. The van der Waals surface area contributed by atoms with Crippen molar-refractivity contribution in [3.8, 4) is 0 Å². The zero-order valence-electron chi connectivity index (χ0n) is 20.4. The van der Waals surface area contributed by atoms with Crippen LogP contribution >= 0.6 is 0 Å². The molecule has 0 spiro atoms. The molecule has 4 nitrogen and oxygen atoms in total. The Kier molecular flexibility index (Phi) is 7.86. The first-order chi connectivity index (χ1) is 14.2. The lowest BCUT2D eigenvalue weighted by atomic mass is 10.1. The number of unbranched alkanes of at least 4 members (excludes halogenated alkanes) is 2. The van der Waals surface area contributed by atoms with E-state index >= 15 is 0 Å². The summed E-state index contributed by atoms with van der Waals surface area (Å²) in [6.45, 7) is 7.81. The SMILES string of the molecule is [2H]c1c([2H])c([2H])c(C(=O)OC(CC)CCCC)c(C(=O)OC(CC)CCCC)c1[2H]. The standard InChI is InChI=1S/C22H34O4/c1-5-9-13-17(7-3)25-21(23)19-15-11-12-16-20(19)22(24)26-18(8-4)14-10-6-2/h11-12,15-18H,5-10,13-14H2,1-4H3/i11D,12D,15D,16D. The lowest BCUT2D eigenvalue weighted by Crippen LogP contribution is -2.22. The van der Waals surface area contributed by atoms with E-state index in [4.69, 9.17) is 15.0 Å². The van der Waals surface area contributed by atoms with Crippen LogP contribution in [0.2, 0.25) is 0 Å². The molecule has 1 aromatic rings. The molecule has 0 N–H and O–H groups in total. The smallest absolute Gasteiger partial charge is 0.339 e. The van der Waals surface area contributed by atoms with E-state index < -0.39 is 47.2 Å². The predicted molar refractivity (Wildman–Crippen MR) is 104 cm³/mol. The molecule has 0 heterocycles. The number of hydrogen-bond donors (Lipinski definition) is 0. The Morgan fingerprint density at radius 1 is 0.846 bits per heavy atom. The van der Waals surface area contributed by atoms with Crippen LogP contribution in [-0.4, -0.2) is 24.1 Å². The second-order valence-electron chi connectivity index (χ2n) is 6.41. The van der Waals surface area contributed by atoms with Gasteiger partial charge in [-0.25, -0.2) is 9.59 Å². The van der Waals surface area contributed by atoms with Crippen molar-refractivity contribution in [2.75, 3.05) is 0 Å². The second kappa shape index (κ2) is 12.5. The summed E-state index contributed by atoms with van der Waals surface area (Å²) in [6, 6.07) is -2.33. The van der Waals surface area contributed by atoms with Gasteiger partial charge in [0.25, 0.3) is 0 Å². The molecule has 0 fully saturated rings. The number of hydrogen-bond acceptors (Lipinski definition) is 4. The molecule has 4 heteroatoms. The largest absolute Gasteiger partial charge is 0.459 e. The van der Waals surface area contributed by atoms with Crippen molar-refractivity contribution in [3.63, 3.8) is 0 Å². The summed E-state index contributed by atoms with van der Waals surface area (Å²) in [5.41, 5.74) is -0.905. The topological polar surface area (TPSA) is 52.6 Å². The minimum atomic E-state index is -0.918. The number of carbonyl (C=O) groups excluding carboxylic acids is 2. The Hall–Kier alpha value is -1.84. The van der Waals surface area contributed by atoms with Crippen LogP contribution in [0.3, 0.4) is 0 Å². The predicted octanol–water partition coefficient (Wildman–Crippen LogP) is 5.94. The van der Waals surface area contributed by atoms with Crippen molar-refractivity contribution in [2.45, 2.75) is 91.3 Å². The summed E-state index contributed by atoms with van der Waals surface area (Å²) in [6.07, 6.45) is 5.29. The Balaban J connectivity index is 3.34. The van der Waals surface area contributed by atoms with Crippen LogP contribution in [-0.2, 0) is 9.47 Å². The Labute approximate surface area is 163 Å². The van der Waals surface area contributed by atoms with Crippen molar-refractivity contribution in [2.24, 2.45) is 0 Å². The summed E-state index contributed by atoms with van der Waals surface area (Å²) >= 11 is 0. The number of benzene rings is 1. The molecule has 0 saturated heterocycles. The molecule has 0 aromatic heterocycles. The van der Waals surface area contributed by atoms with Crippen LogP contribution in [0, 0.1) is 0 Å². The molecular formula is C22H34O4. The molecule has 1 aromatic carbocycles. The van der Waals surface area contributed by atoms with Gasteiger partial charge in [0.1, 0.15) is 12.2 Å². The fourth-order valence-corrected chi connectivity index (χ4v) is 2.60. The monoisotopic (exact) mass is 366 g/mol. The molecule has 1 rings (SSSR count). The van der Waals surface area contributed by atoms with Gasteiger partial charge >= 0.3 is 11.9 Å². The maximum atomic E-state index is 12.9. The molecule has 26 heavy (non-hydrogen) atoms. The van der Waals surface area contributed by atoms with Crippen LogP contribution < -0.4 is 0 Å². The van der Waals surface area contributed by atoms with Crippen molar-refractivity contribution in [3.05, 3.63) is 35.3 Å². The number of esters is 2. The summed E-state index contributed by atoms with van der Waals surface area (Å²) in [5, 5.41) is 0. The van der Waals surface area contributed by atoms with E-state index in [2.05, 4.69) is 0 Å². The molecule has 0 aliphatic rings. The molecule has 0 bridgehead atoms. The fraction of sp³-hybridized carbons (Fsp3) is 0.636. The summed E-state index contributed by atoms with van der Waals surface area (Å²) in [5.74, 6) is -1.84. The van der Waals surface area contributed by atoms with Crippen molar-refractivity contribution in [1.29, 1.82) is 0 Å². The van der Waals surface area contributed by atoms with E-state index in [0.29, 0.717) is 25.7 Å². The van der Waals surface area contributed by atoms with E-state index in [-0.39, 0.29) is 12.2 Å². The van der Waals surface area contributed by atoms with E-state index in [1.807, 2.05) is 27.7 Å². The summed E-state index contributed by atoms with van der Waals surface area (Å²) in [7, 11) is 0. The number of ether oxygens (including phenoxy) is 2. The van der Waals surface area contributed by atoms with Gasteiger partial charge in [-0.15, -0.1) is 0 Å². The van der Waals surface area contributed by atoms with E-state index in [1.165, 1.54) is 0 Å². The first-order valence-electron chi connectivity index (χ1n) is 11.7. The van der Waals surface area contributed by atoms with Gasteiger partial charge in [-0.05, 0) is 37.8 Å². The van der Waals surface area contributed by atoms with E-state index in [9.17, 15) is 9.59 Å². The minimum Gasteiger partial charge on any atom is -0.459 e. The third-order valence-electron chi connectivity index (χ3n) is 4.31. The average molecular weight is 367 g/mol. The van der Waals surface area contributed by atoms with Crippen LogP contribution in [0.5, 0.6) is 0 Å². The third kappa shape index (κ3) is 7.19. The van der Waals surface area contributed by atoms with Crippen LogP contribution in [0.4, 0.5) is 0 Å². The molecule has 0 aliphatic heterocycles. The normalized spacial score (nSPS) is 15.2. The van der Waals surface area contributed by atoms with Gasteiger partial charge in [0.05, 0.1) is 16.6 Å². The van der Waals surface area contributed by atoms with Crippen molar-refractivity contribution in [1.82, 2.24) is 0 Å². The molecule has 0 radical (unpaired) electrons. The maximum Gasteiger partial charge on any atom is 0.339 e. The number of rotatable bonds is 12. The van der Waals surface area contributed by atoms with Gasteiger partial charge in [-0.3, -0.25) is 0 Å². The Bertz CT molecular complexity index is 676. The van der Waals surface area contributed by atoms with Gasteiger partial charge in [0.2, 0.25) is 0 Å². The second-order valence-corrected chi connectivity index (χ2v) is 6.41. The van der Waals surface area contributed by atoms with Crippen molar-refractivity contribution >= 4 is 11.9 Å². The van der Waals surface area contributed by atoms with Gasteiger partial charge < -0.3 is 9.47 Å². The quantitative estimate of drug-likeness (QED) is 0.430. The maximum absolute atomic E-state index is 12.9. The summed E-state index contributed by atoms with van der Waals surface area (Å²) in [4.78, 5) is 25.8. The van der Waals surface area contributed by atoms with E-state index in [1.54, 1.807) is 0 Å². The zero-order valence-corrected chi connectivity index (χ0v) is 16.4. The average Bonchev–Trinajstić information content (AvgIpc) is 2.74. The zero-order chi connectivity index (χ0) is 22.8. The molecule has 2 atom stereocenters. The highest BCUT2D eigenvalue weighted by Gasteiger charge is 2.23. The molecule has 2 unspecified atom stereocenters. The molecular weight excluding hydrogens is 328 g/mol. The highest BCUT2D eigenvalue weighted by atomic mass is 16.5. The van der Waals surface area contributed by atoms with Gasteiger partial charge in [-0.1, -0.05) is 65.5 Å². The first-order valence-corrected chi connectivity index (χ1v) is 9.75. The van der Waals surface area contributed by atoms with Gasteiger partial charge in [0.15, 0.2) is 0 Å². The van der Waals surface area contributed by atoms with Crippen LogP contribution in [0.15, 0.2) is 24.2 Å². The summed E-state index contributed by atoms with van der Waals surface area (Å²) < 4.78 is 43.2. The van der Waals surface area contributed by atoms with Crippen molar-refractivity contribution < 1.29 is 24.5 Å². The Morgan fingerprint density at radius 2 is 1.23 bits per heavy atom. The number of carbonyl (C=O) groups is 2. The fourth-order valence-electron chi connectivity index (χ4n) is 2.60. The molecule has 146 valence electrons. The minimum absolute atomic E-state index is 0.382. The van der Waals surface area contributed by atoms with E-state index in [0.717, 1.165) is 25.7 Å². The lowest BCUT2D eigenvalue weighted by Gasteiger charge is -2.19. The van der Waals surface area contributed by atoms with Gasteiger partial charge in [0, 0.05) is 0 Å². The van der Waals surface area contributed by atoms with Gasteiger partial charge in [-0.2, -0.15) is 0 Å². The first kappa shape index (κ1) is 16.3. The third-order valence-corrected chi connectivity index (χ3v) is 4.31. The van der Waals surface area contributed by atoms with Crippen LogP contribution in [0.25, 0.3) is 0 Å².